The van der Waals surface area contributed by atoms with E-state index in [1.165, 1.54) is 0 Å². The normalized spacial score (nSPS) is 9.27. The average molecular weight is 269 g/mol. The van der Waals surface area contributed by atoms with Gasteiger partial charge in [0.25, 0.3) is 0 Å². The smallest absolute Gasteiger partial charge is 0.189 e. The molecule has 0 aliphatic carbocycles. The maximum atomic E-state index is 5.43. The van der Waals surface area contributed by atoms with Crippen molar-refractivity contribution < 1.29 is 9.47 Å². The summed E-state index contributed by atoms with van der Waals surface area (Å²) in [5.74, 6) is 6.57. The molecule has 0 amide bonds. The van der Waals surface area contributed by atoms with Crippen LogP contribution in [0.25, 0.3) is 0 Å². The van der Waals surface area contributed by atoms with E-state index < -0.39 is 0 Å². The van der Waals surface area contributed by atoms with Crippen LogP contribution in [0.2, 0.25) is 0 Å². The number of benzene rings is 1. The molecule has 2 nitrogen and oxygen atoms in total. The van der Waals surface area contributed by atoms with Gasteiger partial charge in [0.05, 0.1) is 4.47 Å². The van der Waals surface area contributed by atoms with Gasteiger partial charge in [-0.25, -0.2) is 0 Å². The largest absolute Gasteiger partial charge is 0.466 e. The van der Waals surface area contributed by atoms with Gasteiger partial charge in [-0.05, 0) is 48.0 Å². The van der Waals surface area contributed by atoms with E-state index in [0.29, 0.717) is 6.61 Å². The average Bonchev–Trinajstić information content (AvgIpc) is 2.23. The van der Waals surface area contributed by atoms with Gasteiger partial charge in [-0.3, -0.25) is 0 Å². The number of hydrogen-bond donors (Lipinski definition) is 0. The molecular formula is C12H13BrO2. The van der Waals surface area contributed by atoms with Crippen molar-refractivity contribution in [2.24, 2.45) is 0 Å². The quantitative estimate of drug-likeness (QED) is 0.475. The maximum absolute atomic E-state index is 5.43. The van der Waals surface area contributed by atoms with Crippen molar-refractivity contribution in [2.45, 2.75) is 13.8 Å². The molecule has 0 saturated carbocycles. The van der Waals surface area contributed by atoms with E-state index in [1.54, 1.807) is 0 Å². The Balaban J connectivity index is 2.74. The van der Waals surface area contributed by atoms with E-state index in [1.807, 2.05) is 32.0 Å². The maximum Gasteiger partial charge on any atom is 0.189 e. The van der Waals surface area contributed by atoms with Gasteiger partial charge in [-0.2, -0.15) is 0 Å². The van der Waals surface area contributed by atoms with Crippen molar-refractivity contribution in [3.63, 3.8) is 0 Å². The number of ether oxygens (including phenoxy) is 2. The van der Waals surface area contributed by atoms with Gasteiger partial charge in [0.1, 0.15) is 5.75 Å². The van der Waals surface area contributed by atoms with Gasteiger partial charge < -0.3 is 9.47 Å². The van der Waals surface area contributed by atoms with Crippen LogP contribution in [0.4, 0.5) is 0 Å². The first kappa shape index (κ1) is 12.1. The molecule has 0 aromatic heterocycles. The fourth-order valence-electron chi connectivity index (χ4n) is 1.02. The highest BCUT2D eigenvalue weighted by Gasteiger charge is 2.01. The third kappa shape index (κ3) is 3.94. The molecular weight excluding hydrogens is 256 g/mol. The van der Waals surface area contributed by atoms with Gasteiger partial charge in [0.15, 0.2) is 6.79 Å². The fourth-order valence-corrected chi connectivity index (χ4v) is 1.39. The lowest BCUT2D eigenvalue weighted by Crippen LogP contribution is -2.02. The topological polar surface area (TPSA) is 18.5 Å². The molecule has 0 aliphatic rings. The summed E-state index contributed by atoms with van der Waals surface area (Å²) in [7, 11) is 0. The molecule has 0 N–H and O–H groups in total. The van der Waals surface area contributed by atoms with Gasteiger partial charge >= 0.3 is 0 Å². The first-order valence-corrected chi connectivity index (χ1v) is 5.50. The van der Waals surface area contributed by atoms with Crippen molar-refractivity contribution in [3.8, 4) is 17.6 Å². The van der Waals surface area contributed by atoms with E-state index in [9.17, 15) is 0 Å². The second kappa shape index (κ2) is 6.49. The van der Waals surface area contributed by atoms with Crippen LogP contribution in [0.5, 0.6) is 5.75 Å². The second-order valence-corrected chi connectivity index (χ2v) is 3.63. The first-order valence-electron chi connectivity index (χ1n) is 4.70. The van der Waals surface area contributed by atoms with Crippen LogP contribution < -0.4 is 4.74 Å². The Morgan fingerprint density at radius 2 is 2.20 bits per heavy atom. The van der Waals surface area contributed by atoms with Crippen molar-refractivity contribution >= 4 is 15.9 Å². The van der Waals surface area contributed by atoms with Crippen LogP contribution in [0.3, 0.4) is 0 Å². The van der Waals surface area contributed by atoms with Crippen LogP contribution in [0.1, 0.15) is 19.4 Å². The summed E-state index contributed by atoms with van der Waals surface area (Å²) < 4.78 is 11.4. The zero-order chi connectivity index (χ0) is 11.1. The summed E-state index contributed by atoms with van der Waals surface area (Å²) in [5.41, 5.74) is 0.937. The summed E-state index contributed by atoms with van der Waals surface area (Å²) in [6.45, 7) is 4.64. The summed E-state index contributed by atoms with van der Waals surface area (Å²) in [6, 6.07) is 5.74. The molecule has 0 fully saturated rings. The lowest BCUT2D eigenvalue weighted by molar-refractivity contribution is 0.0219. The minimum absolute atomic E-state index is 0.262. The van der Waals surface area contributed by atoms with Crippen molar-refractivity contribution in [2.75, 3.05) is 13.4 Å². The van der Waals surface area contributed by atoms with E-state index in [4.69, 9.17) is 9.47 Å². The van der Waals surface area contributed by atoms with Gasteiger partial charge in [0, 0.05) is 12.2 Å². The number of halogens is 1. The second-order valence-electron chi connectivity index (χ2n) is 2.78. The van der Waals surface area contributed by atoms with E-state index in [0.717, 1.165) is 15.8 Å². The van der Waals surface area contributed by atoms with Crippen LogP contribution in [0.15, 0.2) is 22.7 Å². The monoisotopic (exact) mass is 268 g/mol. The van der Waals surface area contributed by atoms with Crippen LogP contribution in [-0.4, -0.2) is 13.4 Å². The third-order valence-electron chi connectivity index (χ3n) is 1.70. The minimum Gasteiger partial charge on any atom is -0.466 e. The zero-order valence-corrected chi connectivity index (χ0v) is 10.4. The summed E-state index contributed by atoms with van der Waals surface area (Å²) in [4.78, 5) is 0. The summed E-state index contributed by atoms with van der Waals surface area (Å²) >= 11 is 3.40. The van der Waals surface area contributed by atoms with Crippen LogP contribution in [-0.2, 0) is 4.74 Å². The Hall–Kier alpha value is -0.980. The van der Waals surface area contributed by atoms with E-state index >= 15 is 0 Å². The Labute approximate surface area is 98.7 Å². The van der Waals surface area contributed by atoms with Gasteiger partial charge in [-0.15, -0.1) is 5.92 Å². The SMILES string of the molecule is CC#Cc1ccc(Br)c(OCOCC)c1. The van der Waals surface area contributed by atoms with Crippen molar-refractivity contribution in [1.29, 1.82) is 0 Å². The number of rotatable bonds is 4. The summed E-state index contributed by atoms with van der Waals surface area (Å²) in [5, 5.41) is 0. The number of hydrogen-bond acceptors (Lipinski definition) is 2. The van der Waals surface area contributed by atoms with E-state index in [-0.39, 0.29) is 6.79 Å². The first-order chi connectivity index (χ1) is 7.27. The predicted molar refractivity (Wildman–Crippen MR) is 63.8 cm³/mol. The highest BCUT2D eigenvalue weighted by Crippen LogP contribution is 2.25. The molecule has 1 aromatic rings. The molecule has 0 heterocycles. The molecule has 0 bridgehead atoms. The third-order valence-corrected chi connectivity index (χ3v) is 2.36. The molecule has 1 rings (SSSR count). The zero-order valence-electron chi connectivity index (χ0n) is 8.84. The Kier molecular flexibility index (Phi) is 5.23. The summed E-state index contributed by atoms with van der Waals surface area (Å²) in [6.07, 6.45) is 0. The van der Waals surface area contributed by atoms with Crippen molar-refractivity contribution in [1.82, 2.24) is 0 Å². The standard InChI is InChI=1S/C12H13BrO2/c1-3-5-10-6-7-11(13)12(8-10)15-9-14-4-2/h6-8H,4,9H2,1-2H3. The fraction of sp³-hybridized carbons (Fsp3) is 0.333. The van der Waals surface area contributed by atoms with Crippen molar-refractivity contribution in [3.05, 3.63) is 28.2 Å². The molecule has 0 spiro atoms. The highest BCUT2D eigenvalue weighted by atomic mass is 79.9. The minimum atomic E-state index is 0.262. The highest BCUT2D eigenvalue weighted by molar-refractivity contribution is 9.10. The van der Waals surface area contributed by atoms with Crippen LogP contribution >= 0.6 is 15.9 Å². The molecule has 0 unspecified atom stereocenters. The predicted octanol–water partition coefficient (Wildman–Crippen LogP) is 3.19. The molecule has 15 heavy (non-hydrogen) atoms. The molecule has 0 saturated heterocycles. The Morgan fingerprint density at radius 1 is 1.40 bits per heavy atom. The van der Waals surface area contributed by atoms with Gasteiger partial charge in [0.2, 0.25) is 0 Å². The Bertz CT molecular complexity index is 377. The molecule has 1 aromatic carbocycles. The van der Waals surface area contributed by atoms with Gasteiger partial charge in [-0.1, -0.05) is 5.92 Å². The lowest BCUT2D eigenvalue weighted by atomic mass is 10.2. The molecule has 0 radical (unpaired) electrons. The van der Waals surface area contributed by atoms with E-state index in [2.05, 4.69) is 27.8 Å². The molecule has 80 valence electrons. The lowest BCUT2D eigenvalue weighted by Gasteiger charge is -2.07. The Morgan fingerprint density at radius 3 is 2.87 bits per heavy atom. The molecule has 3 heteroatoms. The molecule has 0 atom stereocenters. The van der Waals surface area contributed by atoms with Crippen LogP contribution in [0, 0.1) is 11.8 Å². The molecule has 0 aliphatic heterocycles.